The molecule has 5 rings (SSSR count). The number of rotatable bonds is 3. The Balaban J connectivity index is 1.86. The van der Waals surface area contributed by atoms with Gasteiger partial charge in [0.25, 0.3) is 10.0 Å². The second-order valence-electron chi connectivity index (χ2n) is 7.40. The monoisotopic (exact) mass is 501 g/mol. The molecule has 3 aromatic rings. The topological polar surface area (TPSA) is 65.1 Å². The van der Waals surface area contributed by atoms with E-state index in [1.165, 1.54) is 4.31 Å². The number of halogens is 1. The van der Waals surface area contributed by atoms with Gasteiger partial charge in [-0.2, -0.15) is 0 Å². The average Bonchev–Trinajstić information content (AvgIpc) is 2.87. The third kappa shape index (κ3) is 3.08. The fraction of sp³-hybridized carbons (Fsp3) is 0.217. The molecule has 8 heteroatoms. The van der Waals surface area contributed by atoms with E-state index in [9.17, 15) is 8.42 Å². The minimum atomic E-state index is -3.84. The highest BCUT2D eigenvalue weighted by atomic mass is 79.9. The van der Waals surface area contributed by atoms with Crippen molar-refractivity contribution in [2.45, 2.75) is 16.9 Å². The van der Waals surface area contributed by atoms with Crippen LogP contribution in [0.3, 0.4) is 0 Å². The van der Waals surface area contributed by atoms with Gasteiger partial charge in [-0.3, -0.25) is 4.31 Å². The number of hydrogen-bond donors (Lipinski definition) is 0. The lowest BCUT2D eigenvalue weighted by atomic mass is 9.82. The zero-order chi connectivity index (χ0) is 21.8. The van der Waals surface area contributed by atoms with Gasteiger partial charge in [-0.25, -0.2) is 8.42 Å². The minimum absolute atomic E-state index is 0.151. The van der Waals surface area contributed by atoms with Crippen molar-refractivity contribution in [2.24, 2.45) is 0 Å². The Hall–Kier alpha value is -2.71. The van der Waals surface area contributed by atoms with Crippen molar-refractivity contribution in [1.82, 2.24) is 0 Å². The number of sulfonamides is 1. The molecule has 2 aliphatic heterocycles. The molecule has 0 aromatic heterocycles. The molecule has 0 spiro atoms. The van der Waals surface area contributed by atoms with Crippen molar-refractivity contribution >= 4 is 31.6 Å². The molecule has 0 amide bonds. The summed E-state index contributed by atoms with van der Waals surface area (Å²) < 4.78 is 47.2. The average molecular weight is 502 g/mol. The summed E-state index contributed by atoms with van der Waals surface area (Å²) in [6.45, 7) is 0.173. The van der Waals surface area contributed by atoms with Crippen molar-refractivity contribution < 1.29 is 22.6 Å². The molecule has 0 radical (unpaired) electrons. The molecule has 6 nitrogen and oxygen atoms in total. The van der Waals surface area contributed by atoms with Crippen molar-refractivity contribution in [3.8, 4) is 17.2 Å². The number of para-hydroxylation sites is 1. The number of benzene rings is 3. The smallest absolute Gasteiger partial charge is 0.268 e. The van der Waals surface area contributed by atoms with Crippen LogP contribution in [-0.2, 0) is 10.0 Å². The van der Waals surface area contributed by atoms with Crippen LogP contribution in [0.2, 0.25) is 0 Å². The maximum atomic E-state index is 13.7. The van der Waals surface area contributed by atoms with Crippen LogP contribution in [0.15, 0.2) is 70.0 Å². The van der Waals surface area contributed by atoms with Crippen LogP contribution in [0.4, 0.5) is 5.69 Å². The van der Waals surface area contributed by atoms with E-state index in [4.69, 9.17) is 14.2 Å². The number of methoxy groups -OCH3 is 2. The first kappa shape index (κ1) is 20.2. The van der Waals surface area contributed by atoms with Gasteiger partial charge in [-0.1, -0.05) is 46.3 Å². The molecule has 0 unspecified atom stereocenters. The fourth-order valence-electron chi connectivity index (χ4n) is 4.40. The SMILES string of the molecule is COc1cc(OC)c2c(c1)N1C[C@@H](Oc3ccccc3S1(=O)=O)[C@@H]2c1ccccc1Br. The first-order chi connectivity index (χ1) is 15.0. The highest BCUT2D eigenvalue weighted by molar-refractivity contribution is 9.10. The third-order valence-electron chi connectivity index (χ3n) is 5.78. The van der Waals surface area contributed by atoms with Gasteiger partial charge in [0, 0.05) is 22.2 Å². The Morgan fingerprint density at radius 1 is 1.03 bits per heavy atom. The first-order valence-corrected chi connectivity index (χ1v) is 12.0. The molecule has 2 heterocycles. The van der Waals surface area contributed by atoms with Gasteiger partial charge in [0.2, 0.25) is 0 Å². The number of hydrogen-bond acceptors (Lipinski definition) is 5. The Bertz CT molecular complexity index is 1280. The lowest BCUT2D eigenvalue weighted by Gasteiger charge is -2.39. The fourth-order valence-corrected chi connectivity index (χ4v) is 6.55. The Labute approximate surface area is 189 Å². The van der Waals surface area contributed by atoms with E-state index >= 15 is 0 Å². The van der Waals surface area contributed by atoms with Crippen LogP contribution in [-0.4, -0.2) is 35.3 Å². The van der Waals surface area contributed by atoms with Gasteiger partial charge in [-0.15, -0.1) is 0 Å². The lowest BCUT2D eigenvalue weighted by molar-refractivity contribution is 0.184. The molecule has 0 aliphatic carbocycles. The number of fused-ring (bicyclic) bond motifs is 5. The summed E-state index contributed by atoms with van der Waals surface area (Å²) in [5, 5.41) is 0. The maximum absolute atomic E-state index is 13.7. The molecular weight excluding hydrogens is 482 g/mol. The standard InChI is InChI=1S/C23H20BrNO5S/c1-28-14-11-17-23(19(12-14)29-2)22(15-7-3-4-8-16(15)24)20-13-25(17)31(26,27)21-10-6-5-9-18(21)30-20/h3-12,20,22H,13H2,1-2H3/t20-,22+/m1/s1. The van der Waals surface area contributed by atoms with Gasteiger partial charge in [0.15, 0.2) is 0 Å². The summed E-state index contributed by atoms with van der Waals surface area (Å²) in [4.78, 5) is 0.151. The van der Waals surface area contributed by atoms with E-state index in [1.54, 1.807) is 50.6 Å². The molecule has 3 aromatic carbocycles. The predicted molar refractivity (Wildman–Crippen MR) is 121 cm³/mol. The molecule has 31 heavy (non-hydrogen) atoms. The second kappa shape index (κ2) is 7.46. The molecule has 160 valence electrons. The van der Waals surface area contributed by atoms with Crippen molar-refractivity contribution in [2.75, 3.05) is 25.1 Å². The molecule has 0 saturated heterocycles. The van der Waals surface area contributed by atoms with Crippen molar-refractivity contribution in [3.05, 3.63) is 76.3 Å². The van der Waals surface area contributed by atoms with Crippen LogP contribution in [0.5, 0.6) is 17.2 Å². The van der Waals surface area contributed by atoms with Gasteiger partial charge >= 0.3 is 0 Å². The van der Waals surface area contributed by atoms with Gasteiger partial charge in [0.05, 0.1) is 32.4 Å². The van der Waals surface area contributed by atoms with E-state index < -0.39 is 16.1 Å². The quantitative estimate of drug-likeness (QED) is 0.525. The molecule has 0 N–H and O–H groups in total. The summed E-state index contributed by atoms with van der Waals surface area (Å²) in [5.41, 5.74) is 2.28. The van der Waals surface area contributed by atoms with E-state index in [1.807, 2.05) is 24.3 Å². The Morgan fingerprint density at radius 2 is 1.77 bits per heavy atom. The van der Waals surface area contributed by atoms with Gasteiger partial charge in [-0.05, 0) is 23.8 Å². The van der Waals surface area contributed by atoms with Crippen LogP contribution < -0.4 is 18.5 Å². The second-order valence-corrected chi connectivity index (χ2v) is 10.1. The van der Waals surface area contributed by atoms with Crippen LogP contribution in [0, 0.1) is 0 Å². The highest BCUT2D eigenvalue weighted by Gasteiger charge is 2.46. The highest BCUT2D eigenvalue weighted by Crippen LogP contribution is 2.52. The van der Waals surface area contributed by atoms with E-state index in [0.717, 1.165) is 15.6 Å². The summed E-state index contributed by atoms with van der Waals surface area (Å²) in [6.07, 6.45) is -0.452. The number of nitrogens with zero attached hydrogens (tertiary/aromatic N) is 1. The number of ether oxygens (including phenoxy) is 3. The van der Waals surface area contributed by atoms with Crippen LogP contribution in [0.25, 0.3) is 0 Å². The lowest BCUT2D eigenvalue weighted by Crippen LogP contribution is -2.45. The molecule has 2 bridgehead atoms. The molecule has 0 saturated carbocycles. The molecular formula is C23H20BrNO5S. The summed E-state index contributed by atoms with van der Waals surface area (Å²) >= 11 is 3.67. The van der Waals surface area contributed by atoms with E-state index in [-0.39, 0.29) is 17.4 Å². The van der Waals surface area contributed by atoms with Crippen LogP contribution in [0.1, 0.15) is 17.0 Å². The first-order valence-electron chi connectivity index (χ1n) is 9.74. The molecule has 2 aliphatic rings. The summed E-state index contributed by atoms with van der Waals surface area (Å²) in [6, 6.07) is 18.2. The Kier molecular flexibility index (Phi) is 4.86. The molecule has 0 fully saturated rings. The maximum Gasteiger partial charge on any atom is 0.268 e. The van der Waals surface area contributed by atoms with Gasteiger partial charge < -0.3 is 14.2 Å². The Morgan fingerprint density at radius 3 is 2.52 bits per heavy atom. The largest absolute Gasteiger partial charge is 0.497 e. The number of anilines is 1. The predicted octanol–water partition coefficient (Wildman–Crippen LogP) is 4.57. The van der Waals surface area contributed by atoms with E-state index in [2.05, 4.69) is 15.9 Å². The van der Waals surface area contributed by atoms with E-state index in [0.29, 0.717) is 22.9 Å². The minimum Gasteiger partial charge on any atom is -0.497 e. The van der Waals surface area contributed by atoms with Gasteiger partial charge in [0.1, 0.15) is 28.2 Å². The van der Waals surface area contributed by atoms with Crippen molar-refractivity contribution in [1.29, 1.82) is 0 Å². The zero-order valence-corrected chi connectivity index (χ0v) is 19.3. The summed E-state index contributed by atoms with van der Waals surface area (Å²) in [5.74, 6) is 1.16. The summed E-state index contributed by atoms with van der Waals surface area (Å²) in [7, 11) is -0.722. The normalized spacial score (nSPS) is 20.7. The third-order valence-corrected chi connectivity index (χ3v) is 8.32. The van der Waals surface area contributed by atoms with Crippen molar-refractivity contribution in [3.63, 3.8) is 0 Å². The molecule has 2 atom stereocenters. The zero-order valence-electron chi connectivity index (χ0n) is 16.9. The van der Waals surface area contributed by atoms with Crippen LogP contribution >= 0.6 is 15.9 Å².